The van der Waals surface area contributed by atoms with Crippen LogP contribution in [0.1, 0.15) is 23.0 Å². The highest BCUT2D eigenvalue weighted by Crippen LogP contribution is 2.25. The minimum absolute atomic E-state index is 0.0254. The molecule has 1 heterocycles. The van der Waals surface area contributed by atoms with Crippen molar-refractivity contribution < 1.29 is 17.9 Å². The Morgan fingerprint density at radius 1 is 1.41 bits per heavy atom. The standard InChI is InChI=1S/C13H13BrN2O4S2/c1-2-20-13(17)11-12(21-8-15-11)16-22(18,19)7-9-5-3-4-6-10(9)14/h3-6,8,16H,2,7H2,1H3. The van der Waals surface area contributed by atoms with E-state index in [9.17, 15) is 13.2 Å². The molecule has 0 radical (unpaired) electrons. The first-order chi connectivity index (χ1) is 10.4. The van der Waals surface area contributed by atoms with Crippen molar-refractivity contribution in [2.45, 2.75) is 12.7 Å². The molecular weight excluding hydrogens is 392 g/mol. The summed E-state index contributed by atoms with van der Waals surface area (Å²) in [6.45, 7) is 1.86. The maximum atomic E-state index is 12.2. The van der Waals surface area contributed by atoms with E-state index < -0.39 is 16.0 Å². The maximum absolute atomic E-state index is 12.2. The molecule has 118 valence electrons. The molecular formula is C13H13BrN2O4S2. The lowest BCUT2D eigenvalue weighted by molar-refractivity contribution is 0.0521. The molecule has 0 unspecified atom stereocenters. The summed E-state index contributed by atoms with van der Waals surface area (Å²) < 4.78 is 32.4. The molecule has 1 aromatic heterocycles. The van der Waals surface area contributed by atoms with E-state index in [1.165, 1.54) is 5.51 Å². The van der Waals surface area contributed by atoms with Crippen LogP contribution in [0.15, 0.2) is 34.2 Å². The quantitative estimate of drug-likeness (QED) is 0.747. The number of ether oxygens (including phenoxy) is 1. The van der Waals surface area contributed by atoms with Crippen LogP contribution >= 0.6 is 27.3 Å². The fourth-order valence-corrected chi connectivity index (χ4v) is 4.47. The smallest absolute Gasteiger partial charge is 0.360 e. The number of hydrogen-bond donors (Lipinski definition) is 1. The normalized spacial score (nSPS) is 11.2. The molecule has 0 aliphatic heterocycles. The Balaban J connectivity index is 2.18. The number of carbonyl (C=O) groups is 1. The topological polar surface area (TPSA) is 85.4 Å². The lowest BCUT2D eigenvalue weighted by atomic mass is 10.2. The molecule has 0 atom stereocenters. The van der Waals surface area contributed by atoms with E-state index >= 15 is 0 Å². The minimum atomic E-state index is -3.67. The van der Waals surface area contributed by atoms with Crippen molar-refractivity contribution in [2.24, 2.45) is 0 Å². The summed E-state index contributed by atoms with van der Waals surface area (Å²) in [5, 5.41) is 0.158. The second-order valence-electron chi connectivity index (χ2n) is 4.20. The molecule has 1 aromatic carbocycles. The Morgan fingerprint density at radius 3 is 2.82 bits per heavy atom. The van der Waals surface area contributed by atoms with Gasteiger partial charge in [0.1, 0.15) is 5.00 Å². The molecule has 6 nitrogen and oxygen atoms in total. The van der Waals surface area contributed by atoms with Crippen LogP contribution in [0.2, 0.25) is 0 Å². The fraction of sp³-hybridized carbons (Fsp3) is 0.231. The summed E-state index contributed by atoms with van der Waals surface area (Å²) in [4.78, 5) is 15.6. The van der Waals surface area contributed by atoms with Gasteiger partial charge in [-0.25, -0.2) is 18.2 Å². The highest BCUT2D eigenvalue weighted by molar-refractivity contribution is 9.10. The van der Waals surface area contributed by atoms with Crippen molar-refractivity contribution in [3.8, 4) is 0 Å². The van der Waals surface area contributed by atoms with Crippen LogP contribution in [0.3, 0.4) is 0 Å². The number of nitrogens with zero attached hydrogens (tertiary/aromatic N) is 1. The molecule has 0 spiro atoms. The molecule has 0 bridgehead atoms. The molecule has 2 aromatic rings. The average Bonchev–Trinajstić information content (AvgIpc) is 2.89. The number of sulfonamides is 1. The zero-order valence-corrected chi connectivity index (χ0v) is 14.8. The van der Waals surface area contributed by atoms with E-state index in [4.69, 9.17) is 4.74 Å². The van der Waals surface area contributed by atoms with Gasteiger partial charge in [0, 0.05) is 4.47 Å². The molecule has 0 aliphatic carbocycles. The summed E-state index contributed by atoms with van der Waals surface area (Å²) in [5.74, 6) is -0.864. The number of aromatic nitrogens is 1. The van der Waals surface area contributed by atoms with Gasteiger partial charge in [0.25, 0.3) is 0 Å². The molecule has 22 heavy (non-hydrogen) atoms. The average molecular weight is 405 g/mol. The third kappa shape index (κ3) is 4.28. The number of anilines is 1. The van der Waals surface area contributed by atoms with E-state index in [2.05, 4.69) is 25.6 Å². The molecule has 0 amide bonds. The minimum Gasteiger partial charge on any atom is -0.461 e. The van der Waals surface area contributed by atoms with Crippen molar-refractivity contribution >= 4 is 48.3 Å². The third-order valence-electron chi connectivity index (χ3n) is 2.59. The summed E-state index contributed by atoms with van der Waals surface area (Å²) in [6, 6.07) is 7.03. The SMILES string of the molecule is CCOC(=O)c1ncsc1NS(=O)(=O)Cc1ccccc1Br. The van der Waals surface area contributed by atoms with Crippen molar-refractivity contribution in [3.63, 3.8) is 0 Å². The van der Waals surface area contributed by atoms with E-state index in [0.717, 1.165) is 11.3 Å². The number of esters is 1. The number of nitrogens with one attached hydrogen (secondary N) is 1. The van der Waals surface area contributed by atoms with E-state index in [1.807, 2.05) is 0 Å². The highest BCUT2D eigenvalue weighted by atomic mass is 79.9. The Kier molecular flexibility index (Phi) is 5.54. The lowest BCUT2D eigenvalue weighted by Gasteiger charge is -2.08. The van der Waals surface area contributed by atoms with Crippen molar-refractivity contribution in [1.29, 1.82) is 0 Å². The predicted molar refractivity (Wildman–Crippen MR) is 88.5 cm³/mol. The first-order valence-corrected chi connectivity index (χ1v) is 9.60. The molecule has 0 fully saturated rings. The highest BCUT2D eigenvalue weighted by Gasteiger charge is 2.21. The zero-order valence-electron chi connectivity index (χ0n) is 11.6. The van der Waals surface area contributed by atoms with Gasteiger partial charge in [0.05, 0.1) is 17.9 Å². The molecule has 9 heteroatoms. The van der Waals surface area contributed by atoms with Crippen LogP contribution in [-0.4, -0.2) is 26.0 Å². The van der Waals surface area contributed by atoms with Crippen molar-refractivity contribution in [3.05, 3.63) is 45.5 Å². The van der Waals surface area contributed by atoms with Crippen LogP contribution in [0.4, 0.5) is 5.00 Å². The molecule has 2 rings (SSSR count). The third-order valence-corrected chi connectivity index (χ3v) is 5.44. The monoisotopic (exact) mass is 404 g/mol. The second-order valence-corrected chi connectivity index (χ2v) is 7.63. The second kappa shape index (κ2) is 7.21. The first-order valence-electron chi connectivity index (χ1n) is 6.27. The maximum Gasteiger partial charge on any atom is 0.360 e. The molecule has 0 saturated heterocycles. The van der Waals surface area contributed by atoms with Gasteiger partial charge in [-0.15, -0.1) is 11.3 Å². The lowest BCUT2D eigenvalue weighted by Crippen LogP contribution is -2.17. The van der Waals surface area contributed by atoms with Crippen LogP contribution in [0.25, 0.3) is 0 Å². The van der Waals surface area contributed by atoms with E-state index in [0.29, 0.717) is 10.0 Å². The number of rotatable bonds is 6. The van der Waals surface area contributed by atoms with Crippen LogP contribution in [0, 0.1) is 0 Å². The number of benzene rings is 1. The number of hydrogen-bond acceptors (Lipinski definition) is 6. The Labute approximate surface area is 140 Å². The van der Waals surface area contributed by atoms with Gasteiger partial charge in [-0.3, -0.25) is 4.72 Å². The van der Waals surface area contributed by atoms with Gasteiger partial charge < -0.3 is 4.74 Å². The summed E-state index contributed by atoms with van der Waals surface area (Å²) in [6.07, 6.45) is 0. The van der Waals surface area contributed by atoms with E-state index in [-0.39, 0.29) is 23.1 Å². The largest absolute Gasteiger partial charge is 0.461 e. The van der Waals surface area contributed by atoms with Gasteiger partial charge in [-0.2, -0.15) is 0 Å². The van der Waals surface area contributed by atoms with Crippen molar-refractivity contribution in [1.82, 2.24) is 4.98 Å². The Morgan fingerprint density at radius 2 is 2.14 bits per heavy atom. The van der Waals surface area contributed by atoms with Gasteiger partial charge in [0.2, 0.25) is 10.0 Å². The summed E-state index contributed by atoms with van der Waals surface area (Å²) >= 11 is 4.34. The Hall–Kier alpha value is -1.45. The zero-order chi connectivity index (χ0) is 16.2. The predicted octanol–water partition coefficient (Wildman–Crippen LogP) is 3.02. The van der Waals surface area contributed by atoms with Crippen LogP contribution in [-0.2, 0) is 20.5 Å². The molecule has 0 aliphatic rings. The van der Waals surface area contributed by atoms with Crippen LogP contribution < -0.4 is 4.72 Å². The van der Waals surface area contributed by atoms with Gasteiger partial charge in [-0.1, -0.05) is 34.1 Å². The van der Waals surface area contributed by atoms with Gasteiger partial charge >= 0.3 is 5.97 Å². The Bertz CT molecular complexity index is 774. The fourth-order valence-electron chi connectivity index (χ4n) is 1.66. The molecule has 0 saturated carbocycles. The molecule has 1 N–H and O–H groups in total. The van der Waals surface area contributed by atoms with Gasteiger partial charge in [0.15, 0.2) is 5.69 Å². The summed E-state index contributed by atoms with van der Waals surface area (Å²) in [7, 11) is -3.67. The number of thiazole rings is 1. The first kappa shape index (κ1) is 16.9. The van der Waals surface area contributed by atoms with Crippen molar-refractivity contribution in [2.75, 3.05) is 11.3 Å². The number of carbonyl (C=O) groups excluding carboxylic acids is 1. The van der Waals surface area contributed by atoms with E-state index in [1.54, 1.807) is 31.2 Å². The number of halogens is 1. The summed E-state index contributed by atoms with van der Waals surface area (Å²) in [5.41, 5.74) is 1.99. The van der Waals surface area contributed by atoms with Crippen LogP contribution in [0.5, 0.6) is 0 Å². The van der Waals surface area contributed by atoms with Gasteiger partial charge in [-0.05, 0) is 18.6 Å².